The van der Waals surface area contributed by atoms with Crippen molar-refractivity contribution < 1.29 is 22.7 Å². The number of carbonyl (C=O) groups excluding carboxylic acids is 1. The smallest absolute Gasteiger partial charge is 0.392 e. The van der Waals surface area contributed by atoms with Gasteiger partial charge in [-0.25, -0.2) is 9.97 Å². The minimum absolute atomic E-state index is 0.0458. The predicted octanol–water partition coefficient (Wildman–Crippen LogP) is 3.94. The van der Waals surface area contributed by atoms with E-state index in [0.29, 0.717) is 30.2 Å². The number of amides is 1. The molecule has 3 aromatic heterocycles. The average Bonchev–Trinajstić information content (AvgIpc) is 3.38. The Bertz CT molecular complexity index is 1030. The van der Waals surface area contributed by atoms with E-state index in [-0.39, 0.29) is 11.8 Å². The van der Waals surface area contributed by atoms with Gasteiger partial charge in [-0.3, -0.25) is 9.48 Å². The summed E-state index contributed by atoms with van der Waals surface area (Å²) in [6.45, 7) is -0.0669. The highest BCUT2D eigenvalue weighted by Gasteiger charge is 2.27. The third kappa shape index (κ3) is 5.46. The van der Waals surface area contributed by atoms with Gasteiger partial charge in [0.15, 0.2) is 0 Å². The SMILES string of the molecule is O=C(CC1CC1)Nc1nccc2nn(Cc3ccc(OCCC(F)(F)F)nc3)cc12. The van der Waals surface area contributed by atoms with Gasteiger partial charge in [-0.05, 0) is 30.4 Å². The van der Waals surface area contributed by atoms with Crippen molar-refractivity contribution >= 4 is 22.6 Å². The van der Waals surface area contributed by atoms with Crippen LogP contribution in [0, 0.1) is 5.92 Å². The summed E-state index contributed by atoms with van der Waals surface area (Å²) < 4.78 is 43.2. The summed E-state index contributed by atoms with van der Waals surface area (Å²) in [6, 6.07) is 5.01. The van der Waals surface area contributed by atoms with Gasteiger partial charge in [0.2, 0.25) is 11.8 Å². The van der Waals surface area contributed by atoms with Crippen LogP contribution >= 0.6 is 0 Å². The molecule has 0 bridgehead atoms. The van der Waals surface area contributed by atoms with Crippen LogP contribution in [0.15, 0.2) is 36.8 Å². The van der Waals surface area contributed by atoms with Crippen LogP contribution in [0.5, 0.6) is 5.88 Å². The first-order valence-corrected chi connectivity index (χ1v) is 9.62. The third-order valence-electron chi connectivity index (χ3n) is 4.69. The highest BCUT2D eigenvalue weighted by atomic mass is 19.4. The normalized spacial score (nSPS) is 14.1. The second-order valence-corrected chi connectivity index (χ2v) is 7.33. The van der Waals surface area contributed by atoms with E-state index in [1.54, 1.807) is 29.2 Å². The van der Waals surface area contributed by atoms with Gasteiger partial charge in [0.1, 0.15) is 5.82 Å². The van der Waals surface area contributed by atoms with E-state index in [2.05, 4.69) is 20.4 Å². The number of fused-ring (bicyclic) bond motifs is 1. The topological polar surface area (TPSA) is 81.9 Å². The van der Waals surface area contributed by atoms with E-state index in [0.717, 1.165) is 23.8 Å². The number of nitrogens with one attached hydrogen (secondary N) is 1. The number of halogens is 3. The van der Waals surface area contributed by atoms with E-state index in [4.69, 9.17) is 4.74 Å². The molecule has 1 aliphatic carbocycles. The largest absolute Gasteiger partial charge is 0.477 e. The highest BCUT2D eigenvalue weighted by Crippen LogP contribution is 2.32. The molecule has 10 heteroatoms. The zero-order valence-corrected chi connectivity index (χ0v) is 16.0. The molecule has 7 nitrogen and oxygen atoms in total. The molecule has 3 aromatic rings. The molecule has 4 rings (SSSR count). The molecule has 1 amide bonds. The molecule has 0 aromatic carbocycles. The Balaban J connectivity index is 1.40. The van der Waals surface area contributed by atoms with Gasteiger partial charge in [-0.2, -0.15) is 18.3 Å². The van der Waals surface area contributed by atoms with Crippen LogP contribution in [0.1, 0.15) is 31.2 Å². The lowest BCUT2D eigenvalue weighted by molar-refractivity contribution is -0.139. The molecule has 1 aliphatic rings. The Labute approximate surface area is 170 Å². The van der Waals surface area contributed by atoms with Crippen LogP contribution in [-0.4, -0.2) is 38.4 Å². The molecule has 0 atom stereocenters. The van der Waals surface area contributed by atoms with Crippen LogP contribution in [0.4, 0.5) is 19.0 Å². The van der Waals surface area contributed by atoms with Gasteiger partial charge >= 0.3 is 6.18 Å². The van der Waals surface area contributed by atoms with Gasteiger partial charge in [0, 0.05) is 31.1 Å². The molecule has 30 heavy (non-hydrogen) atoms. The zero-order valence-electron chi connectivity index (χ0n) is 16.0. The Hall–Kier alpha value is -3.17. The molecule has 0 unspecified atom stereocenters. The molecule has 0 aliphatic heterocycles. The molecule has 1 fully saturated rings. The maximum absolute atomic E-state index is 12.2. The lowest BCUT2D eigenvalue weighted by Crippen LogP contribution is -2.13. The highest BCUT2D eigenvalue weighted by molar-refractivity contribution is 5.99. The van der Waals surface area contributed by atoms with Gasteiger partial charge in [-0.1, -0.05) is 6.07 Å². The van der Waals surface area contributed by atoms with Crippen molar-refractivity contribution in [2.45, 2.75) is 38.4 Å². The summed E-state index contributed by atoms with van der Waals surface area (Å²) in [5.74, 6) is 1.06. The summed E-state index contributed by atoms with van der Waals surface area (Å²) >= 11 is 0. The van der Waals surface area contributed by atoms with Gasteiger partial charge in [0.25, 0.3) is 0 Å². The number of pyridine rings is 2. The number of hydrogen-bond donors (Lipinski definition) is 1. The van der Waals surface area contributed by atoms with Crippen molar-refractivity contribution in [2.24, 2.45) is 5.92 Å². The van der Waals surface area contributed by atoms with Crippen molar-refractivity contribution in [1.82, 2.24) is 19.7 Å². The van der Waals surface area contributed by atoms with E-state index in [1.807, 2.05) is 0 Å². The number of carbonyl (C=O) groups is 1. The number of nitrogens with zero attached hydrogens (tertiary/aromatic N) is 4. The number of aromatic nitrogens is 4. The standard InChI is InChI=1S/C20H20F3N5O2/c21-20(22,23)6-8-30-18-4-3-14(10-25-18)11-28-12-15-16(27-28)5-7-24-19(15)26-17(29)9-13-1-2-13/h3-5,7,10,12-13H,1-2,6,8-9,11H2,(H,24,26,29). The molecule has 0 radical (unpaired) electrons. The molecular formula is C20H20F3N5O2. The molecule has 0 saturated heterocycles. The molecule has 1 saturated carbocycles. The fraction of sp³-hybridized carbons (Fsp3) is 0.400. The summed E-state index contributed by atoms with van der Waals surface area (Å²) in [4.78, 5) is 20.4. The quantitative estimate of drug-likeness (QED) is 0.598. The first-order valence-electron chi connectivity index (χ1n) is 9.62. The third-order valence-corrected chi connectivity index (χ3v) is 4.69. The van der Waals surface area contributed by atoms with Gasteiger partial charge < -0.3 is 10.1 Å². The summed E-state index contributed by atoms with van der Waals surface area (Å²) in [5.41, 5.74) is 1.50. The fourth-order valence-corrected chi connectivity index (χ4v) is 2.99. The van der Waals surface area contributed by atoms with Crippen molar-refractivity contribution in [2.75, 3.05) is 11.9 Å². The molecule has 0 spiro atoms. The molecule has 1 N–H and O–H groups in total. The van der Waals surface area contributed by atoms with Crippen molar-refractivity contribution in [1.29, 1.82) is 0 Å². The van der Waals surface area contributed by atoms with Crippen molar-refractivity contribution in [3.63, 3.8) is 0 Å². The van der Waals surface area contributed by atoms with E-state index < -0.39 is 19.2 Å². The maximum Gasteiger partial charge on any atom is 0.392 e. The van der Waals surface area contributed by atoms with Crippen LogP contribution < -0.4 is 10.1 Å². The predicted molar refractivity (Wildman–Crippen MR) is 103 cm³/mol. The Morgan fingerprint density at radius 2 is 2.07 bits per heavy atom. The lowest BCUT2D eigenvalue weighted by atomic mass is 10.2. The number of ether oxygens (including phenoxy) is 1. The first kappa shape index (κ1) is 20.1. The second-order valence-electron chi connectivity index (χ2n) is 7.33. The van der Waals surface area contributed by atoms with E-state index >= 15 is 0 Å². The Morgan fingerprint density at radius 3 is 2.77 bits per heavy atom. The molecular weight excluding hydrogens is 399 g/mol. The molecule has 158 valence electrons. The van der Waals surface area contributed by atoms with E-state index in [9.17, 15) is 18.0 Å². The van der Waals surface area contributed by atoms with Crippen LogP contribution in [0.25, 0.3) is 10.9 Å². The summed E-state index contributed by atoms with van der Waals surface area (Å²) in [7, 11) is 0. The fourth-order valence-electron chi connectivity index (χ4n) is 2.99. The maximum atomic E-state index is 12.2. The zero-order chi connectivity index (χ0) is 21.1. The minimum atomic E-state index is -4.26. The number of rotatable bonds is 8. The van der Waals surface area contributed by atoms with Crippen LogP contribution in [0.3, 0.4) is 0 Å². The lowest BCUT2D eigenvalue weighted by Gasteiger charge is -2.08. The second kappa shape index (κ2) is 8.29. The number of alkyl halides is 3. The summed E-state index contributed by atoms with van der Waals surface area (Å²) in [6.07, 6.45) is 2.36. The van der Waals surface area contributed by atoms with E-state index in [1.165, 1.54) is 12.3 Å². The van der Waals surface area contributed by atoms with Gasteiger partial charge in [0.05, 0.1) is 30.5 Å². The Morgan fingerprint density at radius 1 is 1.23 bits per heavy atom. The first-order chi connectivity index (χ1) is 14.4. The number of anilines is 1. The van der Waals surface area contributed by atoms with Crippen LogP contribution in [0.2, 0.25) is 0 Å². The molecule has 3 heterocycles. The summed E-state index contributed by atoms with van der Waals surface area (Å²) in [5, 5.41) is 8.09. The van der Waals surface area contributed by atoms with Crippen molar-refractivity contribution in [3.05, 3.63) is 42.4 Å². The number of hydrogen-bond acceptors (Lipinski definition) is 5. The average molecular weight is 419 g/mol. The Kier molecular flexibility index (Phi) is 5.56. The monoisotopic (exact) mass is 419 g/mol. The van der Waals surface area contributed by atoms with Crippen molar-refractivity contribution in [3.8, 4) is 5.88 Å². The minimum Gasteiger partial charge on any atom is -0.477 e. The van der Waals surface area contributed by atoms with Crippen LogP contribution in [-0.2, 0) is 11.3 Å². The van der Waals surface area contributed by atoms with Gasteiger partial charge in [-0.15, -0.1) is 0 Å².